The van der Waals surface area contributed by atoms with Gasteiger partial charge in [-0.2, -0.15) is 14.9 Å². The average Bonchev–Trinajstić information content (AvgIpc) is 3.21. The van der Waals surface area contributed by atoms with Gasteiger partial charge in [0.25, 0.3) is 0 Å². The molecule has 0 aliphatic heterocycles. The molecule has 1 saturated carbocycles. The van der Waals surface area contributed by atoms with E-state index in [0.29, 0.717) is 24.1 Å². The van der Waals surface area contributed by atoms with Crippen molar-refractivity contribution in [2.75, 3.05) is 5.73 Å². The lowest BCUT2D eigenvalue weighted by atomic mass is 9.78. The van der Waals surface area contributed by atoms with Crippen LogP contribution in [0.15, 0.2) is 42.7 Å². The van der Waals surface area contributed by atoms with Crippen LogP contribution in [-0.2, 0) is 0 Å². The fourth-order valence-corrected chi connectivity index (χ4v) is 4.70. The Morgan fingerprint density at radius 3 is 2.77 bits per heavy atom. The summed E-state index contributed by atoms with van der Waals surface area (Å²) in [7, 11) is 0. The van der Waals surface area contributed by atoms with Gasteiger partial charge in [0.1, 0.15) is 5.82 Å². The molecular weight excluding hydrogens is 372 g/mol. The van der Waals surface area contributed by atoms with Gasteiger partial charge in [0.2, 0.25) is 0 Å². The molecule has 3 aromatic heterocycles. The molecule has 4 aromatic rings. The largest absolute Gasteiger partial charge is 0.383 e. The fourth-order valence-electron chi connectivity index (χ4n) is 4.70. The summed E-state index contributed by atoms with van der Waals surface area (Å²) in [6.45, 7) is 2.04. The first-order chi connectivity index (χ1) is 14.7. The highest BCUT2D eigenvalue weighted by atomic mass is 15.3. The number of fused-ring (bicyclic) bond motifs is 2. The van der Waals surface area contributed by atoms with E-state index in [1.807, 2.05) is 37.5 Å². The van der Waals surface area contributed by atoms with Crippen LogP contribution in [0.2, 0.25) is 0 Å². The highest BCUT2D eigenvalue weighted by Gasteiger charge is 2.26. The van der Waals surface area contributed by atoms with Gasteiger partial charge < -0.3 is 5.73 Å². The number of hydrogen-bond donors (Lipinski definition) is 1. The quantitative estimate of drug-likeness (QED) is 0.525. The Morgan fingerprint density at radius 1 is 1.17 bits per heavy atom. The van der Waals surface area contributed by atoms with E-state index in [1.54, 1.807) is 4.52 Å². The molecule has 3 heterocycles. The van der Waals surface area contributed by atoms with E-state index < -0.39 is 0 Å². The number of nitrogen functional groups attached to an aromatic ring is 1. The number of nitrogens with two attached hydrogens (primary N) is 1. The monoisotopic (exact) mass is 396 g/mol. The van der Waals surface area contributed by atoms with Crippen LogP contribution < -0.4 is 5.73 Å². The molecule has 30 heavy (non-hydrogen) atoms. The number of anilines is 1. The summed E-state index contributed by atoms with van der Waals surface area (Å²) < 4.78 is 1.74. The van der Waals surface area contributed by atoms with Crippen LogP contribution in [0.4, 0.5) is 5.82 Å². The Balaban J connectivity index is 1.57. The van der Waals surface area contributed by atoms with Crippen molar-refractivity contribution >= 4 is 22.4 Å². The molecule has 1 aromatic carbocycles. The van der Waals surface area contributed by atoms with E-state index in [-0.39, 0.29) is 0 Å². The van der Waals surface area contributed by atoms with Crippen molar-refractivity contribution in [3.63, 3.8) is 0 Å². The molecule has 1 aliphatic rings. The minimum atomic E-state index is 0.379. The Labute approximate surface area is 175 Å². The van der Waals surface area contributed by atoms with E-state index >= 15 is 0 Å². The molecule has 0 radical (unpaired) electrons. The molecule has 0 bridgehead atoms. The van der Waals surface area contributed by atoms with Gasteiger partial charge in [0.05, 0.1) is 23.5 Å². The third kappa shape index (κ3) is 3.07. The molecule has 1 fully saturated rings. The summed E-state index contributed by atoms with van der Waals surface area (Å²) in [6.07, 6.45) is 8.62. The summed E-state index contributed by atoms with van der Waals surface area (Å²) in [4.78, 5) is 9.67. The molecule has 0 atom stereocenters. The second kappa shape index (κ2) is 7.42. The smallest absolute Gasteiger partial charge is 0.165 e. The van der Waals surface area contributed by atoms with Crippen molar-refractivity contribution in [1.29, 1.82) is 5.26 Å². The van der Waals surface area contributed by atoms with Crippen molar-refractivity contribution in [2.45, 2.75) is 44.9 Å². The van der Waals surface area contributed by atoms with Gasteiger partial charge >= 0.3 is 0 Å². The SMILES string of the molecule is Cc1c(C2CCC(CC#N)CC2)nc2c(-c3cnc4ccccc4c3)cnn2c1N. The summed E-state index contributed by atoms with van der Waals surface area (Å²) in [5.74, 6) is 1.54. The van der Waals surface area contributed by atoms with Crippen LogP contribution in [0.1, 0.15) is 49.3 Å². The minimum Gasteiger partial charge on any atom is -0.383 e. The number of aromatic nitrogens is 4. The summed E-state index contributed by atoms with van der Waals surface area (Å²) in [6, 6.07) is 12.5. The maximum Gasteiger partial charge on any atom is 0.165 e. The predicted octanol–water partition coefficient (Wildman–Crippen LogP) is 5.02. The number of benzene rings is 1. The first-order valence-corrected chi connectivity index (χ1v) is 10.5. The van der Waals surface area contributed by atoms with Crippen molar-refractivity contribution in [3.8, 4) is 17.2 Å². The molecule has 0 saturated heterocycles. The second-order valence-electron chi connectivity index (χ2n) is 8.30. The van der Waals surface area contributed by atoms with Crippen LogP contribution in [0.5, 0.6) is 0 Å². The zero-order chi connectivity index (χ0) is 20.7. The first-order valence-electron chi connectivity index (χ1n) is 10.5. The van der Waals surface area contributed by atoms with Gasteiger partial charge in [-0.15, -0.1) is 0 Å². The number of para-hydroxylation sites is 1. The van der Waals surface area contributed by atoms with Crippen LogP contribution in [0.25, 0.3) is 27.7 Å². The van der Waals surface area contributed by atoms with E-state index in [4.69, 9.17) is 16.0 Å². The zero-order valence-electron chi connectivity index (χ0n) is 17.0. The molecule has 2 N–H and O–H groups in total. The summed E-state index contributed by atoms with van der Waals surface area (Å²) in [5, 5.41) is 14.6. The third-order valence-corrected chi connectivity index (χ3v) is 6.48. The van der Waals surface area contributed by atoms with Gasteiger partial charge in [-0.25, -0.2) is 4.98 Å². The lowest BCUT2D eigenvalue weighted by molar-refractivity contribution is 0.326. The number of rotatable bonds is 3. The minimum absolute atomic E-state index is 0.379. The molecule has 6 heteroatoms. The van der Waals surface area contributed by atoms with Crippen LogP contribution in [-0.4, -0.2) is 19.6 Å². The van der Waals surface area contributed by atoms with Crippen molar-refractivity contribution in [1.82, 2.24) is 19.6 Å². The first kappa shape index (κ1) is 18.6. The third-order valence-electron chi connectivity index (χ3n) is 6.48. The highest BCUT2D eigenvalue weighted by molar-refractivity contribution is 5.87. The van der Waals surface area contributed by atoms with Crippen LogP contribution >= 0.6 is 0 Å². The molecule has 0 amide bonds. The molecule has 6 nitrogen and oxygen atoms in total. The molecule has 0 spiro atoms. The predicted molar refractivity (Wildman–Crippen MR) is 118 cm³/mol. The van der Waals surface area contributed by atoms with Gasteiger partial charge in [-0.1, -0.05) is 18.2 Å². The van der Waals surface area contributed by atoms with Gasteiger partial charge in [0, 0.05) is 40.6 Å². The van der Waals surface area contributed by atoms with Crippen molar-refractivity contribution < 1.29 is 0 Å². The number of nitrogens with zero attached hydrogens (tertiary/aromatic N) is 5. The Kier molecular flexibility index (Phi) is 4.59. The zero-order valence-corrected chi connectivity index (χ0v) is 17.0. The molecule has 1 aliphatic carbocycles. The van der Waals surface area contributed by atoms with Crippen LogP contribution in [0.3, 0.4) is 0 Å². The van der Waals surface area contributed by atoms with E-state index in [0.717, 1.165) is 64.6 Å². The number of hydrogen-bond acceptors (Lipinski definition) is 5. The standard InChI is InChI=1S/C24H24N6/c1-15-22(17-8-6-16(7-9-17)10-11-25)29-24-20(14-28-30(24)23(15)26)19-12-18-4-2-3-5-21(18)27-13-19/h2-5,12-14,16-17H,6-10,26H2,1H3. The van der Waals surface area contributed by atoms with Gasteiger partial charge in [-0.3, -0.25) is 4.98 Å². The summed E-state index contributed by atoms with van der Waals surface area (Å²) >= 11 is 0. The maximum absolute atomic E-state index is 8.99. The maximum atomic E-state index is 8.99. The highest BCUT2D eigenvalue weighted by Crippen LogP contribution is 2.39. The molecule has 5 rings (SSSR count). The van der Waals surface area contributed by atoms with Gasteiger partial charge in [-0.05, 0) is 50.7 Å². The summed E-state index contributed by atoms with van der Waals surface area (Å²) in [5.41, 5.74) is 12.3. The lowest BCUT2D eigenvalue weighted by Crippen LogP contribution is -2.17. The van der Waals surface area contributed by atoms with Crippen molar-refractivity contribution in [2.24, 2.45) is 5.92 Å². The molecule has 150 valence electrons. The lowest BCUT2D eigenvalue weighted by Gasteiger charge is -2.28. The average molecular weight is 396 g/mol. The van der Waals surface area contributed by atoms with E-state index in [1.165, 1.54) is 0 Å². The van der Waals surface area contributed by atoms with Gasteiger partial charge in [0.15, 0.2) is 5.65 Å². The topological polar surface area (TPSA) is 92.9 Å². The molecular formula is C24H24N6. The number of nitriles is 1. The fraction of sp³-hybridized carbons (Fsp3) is 0.333. The Hall–Kier alpha value is -3.46. The van der Waals surface area contributed by atoms with E-state index in [2.05, 4.69) is 28.3 Å². The number of pyridine rings is 1. The molecule has 0 unspecified atom stereocenters. The van der Waals surface area contributed by atoms with Crippen molar-refractivity contribution in [3.05, 3.63) is 54.0 Å². The Bertz CT molecular complexity index is 1270. The Morgan fingerprint density at radius 2 is 1.97 bits per heavy atom. The normalized spacial score (nSPS) is 19.2. The van der Waals surface area contributed by atoms with E-state index in [9.17, 15) is 0 Å². The van der Waals surface area contributed by atoms with Crippen LogP contribution in [0, 0.1) is 24.2 Å². The second-order valence-corrected chi connectivity index (χ2v) is 8.30.